The molecule has 0 saturated carbocycles. The Bertz CT molecular complexity index is 577. The molecule has 1 saturated heterocycles. The lowest BCUT2D eigenvalue weighted by molar-refractivity contribution is 0.229. The van der Waals surface area contributed by atoms with Gasteiger partial charge in [0.05, 0.1) is 6.04 Å². The smallest absolute Gasteiger partial charge is 0.123 e. The minimum Gasteiger partial charge on any atom is -0.306 e. The summed E-state index contributed by atoms with van der Waals surface area (Å²) >= 11 is 0. The summed E-state index contributed by atoms with van der Waals surface area (Å²) in [6.45, 7) is 2.23. The molecule has 0 amide bonds. The second-order valence-electron chi connectivity index (χ2n) is 6.01. The molecule has 1 N–H and O–H groups in total. The van der Waals surface area contributed by atoms with E-state index in [1.807, 2.05) is 36.7 Å². The molecule has 1 aromatic carbocycles. The van der Waals surface area contributed by atoms with Gasteiger partial charge in [-0.05, 0) is 68.4 Å². The number of nitrogens with zero attached hydrogens (tertiary/aromatic N) is 2. The van der Waals surface area contributed by atoms with E-state index in [1.54, 1.807) is 0 Å². The summed E-state index contributed by atoms with van der Waals surface area (Å²) in [5.41, 5.74) is 2.26. The molecular weight excluding hydrogens is 277 g/mol. The number of piperidine rings is 1. The highest BCUT2D eigenvalue weighted by molar-refractivity contribution is 5.31. The molecule has 0 radical (unpaired) electrons. The van der Waals surface area contributed by atoms with Crippen molar-refractivity contribution in [2.75, 3.05) is 20.1 Å². The van der Waals surface area contributed by atoms with E-state index in [0.29, 0.717) is 6.04 Å². The molecule has 3 rings (SSSR count). The van der Waals surface area contributed by atoms with Crippen molar-refractivity contribution in [2.45, 2.75) is 24.9 Å². The summed E-state index contributed by atoms with van der Waals surface area (Å²) in [5.74, 6) is -0.198. The predicted molar refractivity (Wildman–Crippen MR) is 86.1 cm³/mol. The first-order valence-electron chi connectivity index (χ1n) is 7.82. The lowest BCUT2D eigenvalue weighted by Gasteiger charge is -2.33. The largest absolute Gasteiger partial charge is 0.306 e. The molecule has 1 atom stereocenters. The molecule has 1 aromatic heterocycles. The number of halogens is 1. The zero-order chi connectivity index (χ0) is 15.4. The highest BCUT2D eigenvalue weighted by Crippen LogP contribution is 2.24. The van der Waals surface area contributed by atoms with Gasteiger partial charge in [-0.25, -0.2) is 4.39 Å². The monoisotopic (exact) mass is 299 g/mol. The van der Waals surface area contributed by atoms with Gasteiger partial charge >= 0.3 is 0 Å². The van der Waals surface area contributed by atoms with Crippen LogP contribution in [-0.4, -0.2) is 36.1 Å². The average Bonchev–Trinajstić information content (AvgIpc) is 2.56. The predicted octanol–water partition coefficient (Wildman–Crippen LogP) is 2.99. The van der Waals surface area contributed by atoms with Gasteiger partial charge in [0.25, 0.3) is 0 Å². The van der Waals surface area contributed by atoms with Gasteiger partial charge < -0.3 is 10.2 Å². The second-order valence-corrected chi connectivity index (χ2v) is 6.01. The van der Waals surface area contributed by atoms with Gasteiger partial charge in [-0.2, -0.15) is 0 Å². The molecule has 116 valence electrons. The van der Waals surface area contributed by atoms with Crippen LogP contribution in [0, 0.1) is 5.82 Å². The third-order valence-electron chi connectivity index (χ3n) is 4.36. The van der Waals surface area contributed by atoms with Crippen LogP contribution >= 0.6 is 0 Å². The molecule has 2 aromatic rings. The van der Waals surface area contributed by atoms with Crippen molar-refractivity contribution in [2.24, 2.45) is 0 Å². The third-order valence-corrected chi connectivity index (χ3v) is 4.36. The zero-order valence-corrected chi connectivity index (χ0v) is 12.9. The maximum absolute atomic E-state index is 13.2. The van der Waals surface area contributed by atoms with E-state index in [9.17, 15) is 4.39 Å². The lowest BCUT2D eigenvalue weighted by Crippen LogP contribution is -2.42. The fraction of sp³-hybridized carbons (Fsp3) is 0.389. The first-order valence-corrected chi connectivity index (χ1v) is 7.82. The van der Waals surface area contributed by atoms with Crippen molar-refractivity contribution in [1.29, 1.82) is 0 Å². The van der Waals surface area contributed by atoms with Crippen LogP contribution in [0.15, 0.2) is 48.8 Å². The summed E-state index contributed by atoms with van der Waals surface area (Å²) in [4.78, 5) is 6.46. The van der Waals surface area contributed by atoms with Crippen molar-refractivity contribution >= 4 is 0 Å². The topological polar surface area (TPSA) is 28.2 Å². The van der Waals surface area contributed by atoms with E-state index in [-0.39, 0.29) is 11.9 Å². The van der Waals surface area contributed by atoms with Crippen LogP contribution in [0.1, 0.15) is 30.0 Å². The molecule has 0 unspecified atom stereocenters. The van der Waals surface area contributed by atoms with Crippen LogP contribution in [0.4, 0.5) is 4.39 Å². The van der Waals surface area contributed by atoms with Crippen molar-refractivity contribution in [3.8, 4) is 0 Å². The average molecular weight is 299 g/mol. The first-order chi connectivity index (χ1) is 10.7. The Kier molecular flexibility index (Phi) is 4.80. The van der Waals surface area contributed by atoms with Crippen molar-refractivity contribution < 1.29 is 4.39 Å². The third kappa shape index (κ3) is 3.70. The number of nitrogens with one attached hydrogen (secondary N) is 1. The highest BCUT2D eigenvalue weighted by Gasteiger charge is 2.22. The number of benzene rings is 1. The quantitative estimate of drug-likeness (QED) is 0.940. The summed E-state index contributed by atoms with van der Waals surface area (Å²) in [5, 5.41) is 3.75. The molecule has 1 aliphatic rings. The SMILES string of the molecule is CN1CCC(N[C@@H](c2ccncc2)c2ccc(F)cc2)CC1. The first kappa shape index (κ1) is 15.1. The van der Waals surface area contributed by atoms with E-state index < -0.39 is 0 Å². The molecule has 0 bridgehead atoms. The van der Waals surface area contributed by atoms with Gasteiger partial charge in [0.2, 0.25) is 0 Å². The molecular formula is C18H22FN3. The number of aromatic nitrogens is 1. The van der Waals surface area contributed by atoms with E-state index in [1.165, 1.54) is 17.7 Å². The molecule has 3 nitrogen and oxygen atoms in total. The van der Waals surface area contributed by atoms with Crippen LogP contribution in [0.25, 0.3) is 0 Å². The zero-order valence-electron chi connectivity index (χ0n) is 12.9. The molecule has 4 heteroatoms. The van der Waals surface area contributed by atoms with Gasteiger partial charge in [-0.15, -0.1) is 0 Å². The summed E-state index contributed by atoms with van der Waals surface area (Å²) in [7, 11) is 2.16. The van der Waals surface area contributed by atoms with E-state index in [0.717, 1.165) is 31.5 Å². The van der Waals surface area contributed by atoms with Crippen LogP contribution in [-0.2, 0) is 0 Å². The van der Waals surface area contributed by atoms with E-state index >= 15 is 0 Å². The van der Waals surface area contributed by atoms with E-state index in [2.05, 4.69) is 22.2 Å². The molecule has 0 aliphatic carbocycles. The molecule has 1 fully saturated rings. The molecule has 2 heterocycles. The fourth-order valence-electron chi connectivity index (χ4n) is 3.01. The minimum absolute atomic E-state index is 0.0806. The number of hydrogen-bond donors (Lipinski definition) is 1. The highest BCUT2D eigenvalue weighted by atomic mass is 19.1. The maximum Gasteiger partial charge on any atom is 0.123 e. The number of hydrogen-bond acceptors (Lipinski definition) is 3. The van der Waals surface area contributed by atoms with Gasteiger partial charge in [-0.1, -0.05) is 12.1 Å². The fourth-order valence-corrected chi connectivity index (χ4v) is 3.01. The molecule has 0 spiro atoms. The van der Waals surface area contributed by atoms with Crippen LogP contribution in [0.3, 0.4) is 0 Å². The summed E-state index contributed by atoms with van der Waals surface area (Å²) < 4.78 is 13.2. The molecule has 22 heavy (non-hydrogen) atoms. The normalized spacial score (nSPS) is 18.3. The van der Waals surface area contributed by atoms with E-state index in [4.69, 9.17) is 0 Å². The maximum atomic E-state index is 13.2. The Morgan fingerprint density at radius 3 is 2.27 bits per heavy atom. The standard InChI is InChI=1S/C18H22FN3/c1-22-12-8-17(9-13-22)21-18(15-6-10-20-11-7-15)14-2-4-16(19)5-3-14/h2-7,10-11,17-18,21H,8-9,12-13H2,1H3/t18-/m1/s1. The Morgan fingerprint density at radius 2 is 1.64 bits per heavy atom. The van der Waals surface area contributed by atoms with Crippen LogP contribution in [0.5, 0.6) is 0 Å². The van der Waals surface area contributed by atoms with Crippen LogP contribution < -0.4 is 5.32 Å². The Labute approximate surface area is 131 Å². The van der Waals surface area contributed by atoms with Gasteiger partial charge in [0, 0.05) is 18.4 Å². The van der Waals surface area contributed by atoms with Crippen molar-refractivity contribution in [1.82, 2.24) is 15.2 Å². The second kappa shape index (κ2) is 6.99. The summed E-state index contributed by atoms with van der Waals surface area (Å²) in [6.07, 6.45) is 5.89. The van der Waals surface area contributed by atoms with Gasteiger partial charge in [0.1, 0.15) is 5.82 Å². The van der Waals surface area contributed by atoms with Gasteiger partial charge in [-0.3, -0.25) is 4.98 Å². The number of pyridine rings is 1. The Hall–Kier alpha value is -1.78. The lowest BCUT2D eigenvalue weighted by atomic mass is 9.96. The van der Waals surface area contributed by atoms with Crippen molar-refractivity contribution in [3.05, 3.63) is 65.7 Å². The van der Waals surface area contributed by atoms with Crippen molar-refractivity contribution in [3.63, 3.8) is 0 Å². The Balaban J connectivity index is 1.82. The van der Waals surface area contributed by atoms with Crippen LogP contribution in [0.2, 0.25) is 0 Å². The van der Waals surface area contributed by atoms with Gasteiger partial charge in [0.15, 0.2) is 0 Å². The number of rotatable bonds is 4. The summed E-state index contributed by atoms with van der Waals surface area (Å²) in [6, 6.07) is 11.4. The Morgan fingerprint density at radius 1 is 1.05 bits per heavy atom. The number of likely N-dealkylation sites (tertiary alicyclic amines) is 1. The molecule has 1 aliphatic heterocycles. The minimum atomic E-state index is -0.198.